The van der Waals surface area contributed by atoms with Crippen molar-refractivity contribution in [2.75, 3.05) is 20.8 Å². The molecule has 5 aromatic rings. The number of carbonyl (C=O) groups is 1. The fourth-order valence-electron chi connectivity index (χ4n) is 5.61. The van der Waals surface area contributed by atoms with E-state index >= 15 is 0 Å². The van der Waals surface area contributed by atoms with E-state index < -0.39 is 6.04 Å². The Balaban J connectivity index is 1.35. The number of ether oxygens (including phenoxy) is 3. The van der Waals surface area contributed by atoms with Crippen molar-refractivity contribution in [3.8, 4) is 34.3 Å². The van der Waals surface area contributed by atoms with Gasteiger partial charge >= 0.3 is 0 Å². The van der Waals surface area contributed by atoms with Crippen molar-refractivity contribution in [2.45, 2.75) is 26.0 Å². The van der Waals surface area contributed by atoms with Gasteiger partial charge in [-0.2, -0.15) is 5.10 Å². The number of aromatic nitrogens is 2. The van der Waals surface area contributed by atoms with Crippen LogP contribution in [0.15, 0.2) is 84.9 Å². The molecule has 1 aromatic heterocycles. The molecule has 2 heterocycles. The number of rotatable bonds is 10. The number of benzene rings is 4. The molecule has 44 heavy (non-hydrogen) atoms. The molecular weight excluding hydrogens is 578 g/mol. The van der Waals surface area contributed by atoms with E-state index in [9.17, 15) is 9.90 Å². The van der Waals surface area contributed by atoms with Crippen LogP contribution in [0.2, 0.25) is 5.02 Å². The van der Waals surface area contributed by atoms with Crippen molar-refractivity contribution < 1.29 is 24.1 Å². The lowest BCUT2D eigenvalue weighted by Gasteiger charge is -2.27. The number of phenols is 1. The number of hydrogen-bond donors (Lipinski definition) is 2. The lowest BCUT2D eigenvalue weighted by atomic mass is 9.95. The number of carbonyl (C=O) groups excluding carboxylic acids is 1. The summed E-state index contributed by atoms with van der Waals surface area (Å²) in [5, 5.41) is 18.8. The van der Waals surface area contributed by atoms with E-state index in [-0.39, 0.29) is 11.7 Å². The Bertz CT molecular complexity index is 1800. The summed E-state index contributed by atoms with van der Waals surface area (Å²) >= 11 is 6.46. The van der Waals surface area contributed by atoms with Gasteiger partial charge in [-0.15, -0.1) is 0 Å². The van der Waals surface area contributed by atoms with E-state index in [1.807, 2.05) is 84.6 Å². The van der Waals surface area contributed by atoms with Crippen LogP contribution in [0.1, 0.15) is 44.3 Å². The highest BCUT2D eigenvalue weighted by Gasteiger charge is 2.42. The molecule has 0 fully saturated rings. The fourth-order valence-corrected chi connectivity index (χ4v) is 5.77. The summed E-state index contributed by atoms with van der Waals surface area (Å²) in [5.74, 6) is 1.86. The number of nitrogens with one attached hydrogen (secondary N) is 1. The minimum Gasteiger partial charge on any atom is -0.507 e. The molecule has 0 saturated carbocycles. The topological polar surface area (TPSA) is 96.9 Å². The monoisotopic (exact) mass is 609 g/mol. The van der Waals surface area contributed by atoms with Crippen molar-refractivity contribution in [3.63, 3.8) is 0 Å². The van der Waals surface area contributed by atoms with Gasteiger partial charge in [-0.05, 0) is 72.0 Å². The van der Waals surface area contributed by atoms with Gasteiger partial charge in [0.2, 0.25) is 0 Å². The smallest absolute Gasteiger partial charge is 0.273 e. The van der Waals surface area contributed by atoms with Crippen LogP contribution < -0.4 is 14.2 Å². The number of nitrogens with zero attached hydrogens (tertiary/aromatic N) is 2. The molecule has 1 unspecified atom stereocenters. The highest BCUT2D eigenvalue weighted by Crippen LogP contribution is 2.45. The quantitative estimate of drug-likeness (QED) is 0.175. The van der Waals surface area contributed by atoms with Crippen molar-refractivity contribution in [3.05, 3.63) is 123 Å². The number of hydrogen-bond acceptors (Lipinski definition) is 6. The summed E-state index contributed by atoms with van der Waals surface area (Å²) in [6.07, 6.45) is 0.579. The van der Waals surface area contributed by atoms with E-state index in [1.54, 1.807) is 26.4 Å². The zero-order chi connectivity index (χ0) is 30.8. The highest BCUT2D eigenvalue weighted by atomic mass is 35.5. The predicted octanol–water partition coefficient (Wildman–Crippen LogP) is 7.13. The largest absolute Gasteiger partial charge is 0.507 e. The molecule has 1 aliphatic heterocycles. The lowest BCUT2D eigenvalue weighted by Crippen LogP contribution is -2.31. The normalized spacial score (nSPS) is 14.0. The van der Waals surface area contributed by atoms with E-state index in [1.165, 1.54) is 0 Å². The lowest BCUT2D eigenvalue weighted by molar-refractivity contribution is 0.0746. The third kappa shape index (κ3) is 5.56. The molecule has 0 saturated heterocycles. The summed E-state index contributed by atoms with van der Waals surface area (Å²) in [6, 6.07) is 26.3. The van der Waals surface area contributed by atoms with E-state index in [0.717, 1.165) is 28.0 Å². The molecule has 4 aromatic carbocycles. The highest BCUT2D eigenvalue weighted by molar-refractivity contribution is 6.31. The zero-order valence-corrected chi connectivity index (χ0v) is 25.4. The summed E-state index contributed by atoms with van der Waals surface area (Å²) in [5.41, 5.74) is 5.72. The first-order valence-electron chi connectivity index (χ1n) is 14.2. The Kier molecular flexibility index (Phi) is 8.17. The Hall–Kier alpha value is -4.95. The van der Waals surface area contributed by atoms with Gasteiger partial charge in [0.1, 0.15) is 29.5 Å². The second-order valence-corrected chi connectivity index (χ2v) is 11.1. The first-order chi connectivity index (χ1) is 21.4. The van der Waals surface area contributed by atoms with Crippen molar-refractivity contribution in [1.29, 1.82) is 0 Å². The standard InChI is InChI=1S/C35H32ClN3O5/c1-21-17-28(40)26(19-27(21)36)32-31-33(38-37-32)35(41)39(16-15-22-9-14-29(42-2)30(18-22)43-3)34(31)24-10-12-25(13-11-24)44-20-23-7-5-4-6-8-23/h4-14,17-19,34,40H,15-16,20H2,1-3H3,(H,37,38). The Morgan fingerprint density at radius 2 is 1.68 bits per heavy atom. The van der Waals surface area contributed by atoms with Crippen LogP contribution in [0.5, 0.6) is 23.0 Å². The number of aromatic hydroxyl groups is 1. The number of methoxy groups -OCH3 is 2. The molecule has 6 rings (SSSR count). The zero-order valence-electron chi connectivity index (χ0n) is 24.6. The van der Waals surface area contributed by atoms with E-state index in [0.29, 0.717) is 58.6 Å². The predicted molar refractivity (Wildman–Crippen MR) is 169 cm³/mol. The third-order valence-corrected chi connectivity index (χ3v) is 8.34. The molecule has 9 heteroatoms. The maximum absolute atomic E-state index is 13.9. The van der Waals surface area contributed by atoms with E-state index in [4.69, 9.17) is 25.8 Å². The molecule has 1 aliphatic rings. The average molecular weight is 610 g/mol. The molecular formula is C35H32ClN3O5. The molecule has 0 bridgehead atoms. The van der Waals surface area contributed by atoms with Crippen molar-refractivity contribution in [1.82, 2.24) is 15.1 Å². The molecule has 0 aliphatic carbocycles. The first-order valence-corrected chi connectivity index (χ1v) is 14.6. The Morgan fingerprint density at radius 3 is 2.41 bits per heavy atom. The van der Waals surface area contributed by atoms with Crippen LogP contribution in [0.3, 0.4) is 0 Å². The van der Waals surface area contributed by atoms with Crippen LogP contribution >= 0.6 is 11.6 Å². The Labute approximate surface area is 260 Å². The molecule has 1 amide bonds. The fraction of sp³-hybridized carbons (Fsp3) is 0.200. The molecule has 8 nitrogen and oxygen atoms in total. The maximum Gasteiger partial charge on any atom is 0.273 e. The summed E-state index contributed by atoms with van der Waals surface area (Å²) in [7, 11) is 3.20. The molecule has 1 atom stereocenters. The van der Waals surface area contributed by atoms with Gasteiger partial charge in [0, 0.05) is 22.7 Å². The van der Waals surface area contributed by atoms with Gasteiger partial charge in [0.05, 0.1) is 20.3 Å². The third-order valence-electron chi connectivity index (χ3n) is 7.93. The number of halogens is 1. The van der Waals surface area contributed by atoms with Crippen LogP contribution in [-0.2, 0) is 13.0 Å². The minimum atomic E-state index is -0.464. The molecule has 224 valence electrons. The number of H-pyrrole nitrogens is 1. The van der Waals surface area contributed by atoms with Gasteiger partial charge in [-0.25, -0.2) is 0 Å². The van der Waals surface area contributed by atoms with Crippen molar-refractivity contribution >= 4 is 17.5 Å². The second-order valence-electron chi connectivity index (χ2n) is 10.7. The van der Waals surface area contributed by atoms with Gasteiger partial charge in [0.25, 0.3) is 5.91 Å². The van der Waals surface area contributed by atoms with E-state index in [2.05, 4.69) is 10.2 Å². The number of aromatic amines is 1. The van der Waals surface area contributed by atoms with Crippen LogP contribution in [0.4, 0.5) is 0 Å². The Morgan fingerprint density at radius 1 is 0.932 bits per heavy atom. The first kappa shape index (κ1) is 29.1. The number of phenolic OH excluding ortho intramolecular Hbond substituents is 1. The average Bonchev–Trinajstić information content (AvgIpc) is 3.59. The summed E-state index contributed by atoms with van der Waals surface area (Å²) in [4.78, 5) is 15.7. The molecule has 2 N–H and O–H groups in total. The van der Waals surface area contributed by atoms with Crippen LogP contribution in [-0.4, -0.2) is 46.9 Å². The molecule has 0 spiro atoms. The van der Waals surface area contributed by atoms with Gasteiger partial charge in [0.15, 0.2) is 11.5 Å². The van der Waals surface area contributed by atoms with Gasteiger partial charge < -0.3 is 24.2 Å². The number of aryl methyl sites for hydroxylation is 1. The summed E-state index contributed by atoms with van der Waals surface area (Å²) in [6.45, 7) is 2.70. The minimum absolute atomic E-state index is 0.0424. The second kappa shape index (κ2) is 12.3. The van der Waals surface area contributed by atoms with Gasteiger partial charge in [-0.1, -0.05) is 60.1 Å². The number of fused-ring (bicyclic) bond motifs is 1. The van der Waals surface area contributed by atoms with Crippen molar-refractivity contribution in [2.24, 2.45) is 0 Å². The van der Waals surface area contributed by atoms with Crippen LogP contribution in [0, 0.1) is 6.92 Å². The molecule has 0 radical (unpaired) electrons. The van der Waals surface area contributed by atoms with Gasteiger partial charge in [-0.3, -0.25) is 9.89 Å². The maximum atomic E-state index is 13.9. The number of amides is 1. The summed E-state index contributed by atoms with van der Waals surface area (Å²) < 4.78 is 16.9. The van der Waals surface area contributed by atoms with Crippen LogP contribution in [0.25, 0.3) is 11.3 Å². The SMILES string of the molecule is COc1ccc(CCN2C(=O)c3[nH]nc(-c4cc(Cl)c(C)cc4O)c3C2c2ccc(OCc3ccccc3)cc2)cc1OC.